The van der Waals surface area contributed by atoms with Gasteiger partial charge in [0.1, 0.15) is 0 Å². The lowest BCUT2D eigenvalue weighted by Crippen LogP contribution is -2.46. The van der Waals surface area contributed by atoms with Crippen molar-refractivity contribution in [3.8, 4) is 0 Å². The van der Waals surface area contributed by atoms with Gasteiger partial charge >= 0.3 is 0 Å². The Kier molecular flexibility index (Phi) is 5.22. The lowest BCUT2D eigenvalue weighted by Gasteiger charge is -2.22. The molecule has 1 saturated heterocycles. The summed E-state index contributed by atoms with van der Waals surface area (Å²) < 4.78 is 5.22. The number of carbonyl (C=O) groups is 1. The number of hydrogen-bond acceptors (Lipinski definition) is 3. The molecular formula is C12H24N2O2. The van der Waals surface area contributed by atoms with E-state index in [1.54, 1.807) is 7.11 Å². The van der Waals surface area contributed by atoms with Crippen molar-refractivity contribution in [1.29, 1.82) is 0 Å². The molecule has 4 heteroatoms. The molecule has 0 spiro atoms. The predicted octanol–water partition coefficient (Wildman–Crippen LogP) is 0.914. The van der Waals surface area contributed by atoms with Crippen molar-refractivity contribution in [1.82, 2.24) is 10.6 Å². The van der Waals surface area contributed by atoms with E-state index < -0.39 is 0 Å². The third-order valence-electron chi connectivity index (χ3n) is 3.61. The van der Waals surface area contributed by atoms with E-state index in [0.29, 0.717) is 5.92 Å². The monoisotopic (exact) mass is 228 g/mol. The van der Waals surface area contributed by atoms with E-state index >= 15 is 0 Å². The Balaban J connectivity index is 2.35. The minimum Gasteiger partial charge on any atom is -0.380 e. The van der Waals surface area contributed by atoms with Gasteiger partial charge in [-0.3, -0.25) is 4.79 Å². The zero-order valence-corrected chi connectivity index (χ0v) is 10.7. The van der Waals surface area contributed by atoms with Gasteiger partial charge in [-0.15, -0.1) is 0 Å². The molecule has 1 rings (SSSR count). The average Bonchev–Trinajstić information content (AvgIpc) is 2.76. The molecule has 1 heterocycles. The van der Waals surface area contributed by atoms with Crippen LogP contribution in [0.5, 0.6) is 0 Å². The summed E-state index contributed by atoms with van der Waals surface area (Å²) in [6.07, 6.45) is 2.03. The number of ether oxygens (including phenoxy) is 1. The van der Waals surface area contributed by atoms with E-state index in [9.17, 15) is 4.79 Å². The molecule has 0 aliphatic carbocycles. The lowest BCUT2D eigenvalue weighted by atomic mass is 10.0. The van der Waals surface area contributed by atoms with Crippen LogP contribution in [0.2, 0.25) is 0 Å². The Morgan fingerprint density at radius 3 is 2.75 bits per heavy atom. The Morgan fingerprint density at radius 2 is 2.25 bits per heavy atom. The van der Waals surface area contributed by atoms with Crippen molar-refractivity contribution in [3.05, 3.63) is 0 Å². The Bertz CT molecular complexity index is 233. The summed E-state index contributed by atoms with van der Waals surface area (Å²) in [5.41, 5.74) is 0. The number of nitrogens with one attached hydrogen (secondary N) is 2. The molecule has 0 bridgehead atoms. The maximum atomic E-state index is 11.9. The standard InChI is InChI=1S/C12H24N2O2/c1-5-8(2)9(3)14-12(15)11-6-10(16-4)7-13-11/h8-11,13H,5-7H2,1-4H3,(H,14,15). The first-order chi connectivity index (χ1) is 7.58. The first-order valence-corrected chi connectivity index (χ1v) is 6.15. The fourth-order valence-electron chi connectivity index (χ4n) is 1.90. The molecule has 2 N–H and O–H groups in total. The van der Waals surface area contributed by atoms with Crippen molar-refractivity contribution >= 4 is 5.91 Å². The van der Waals surface area contributed by atoms with Crippen LogP contribution in [0.25, 0.3) is 0 Å². The van der Waals surface area contributed by atoms with Crippen molar-refractivity contribution < 1.29 is 9.53 Å². The van der Waals surface area contributed by atoms with E-state index in [1.807, 2.05) is 0 Å². The molecule has 1 amide bonds. The highest BCUT2D eigenvalue weighted by Crippen LogP contribution is 2.11. The van der Waals surface area contributed by atoms with E-state index in [-0.39, 0.29) is 24.1 Å². The molecule has 94 valence electrons. The summed E-state index contributed by atoms with van der Waals surface area (Å²) in [6.45, 7) is 7.13. The molecule has 0 saturated carbocycles. The number of rotatable bonds is 5. The smallest absolute Gasteiger partial charge is 0.237 e. The molecular weight excluding hydrogens is 204 g/mol. The molecule has 1 fully saturated rings. The van der Waals surface area contributed by atoms with Crippen LogP contribution in [0.15, 0.2) is 0 Å². The first-order valence-electron chi connectivity index (χ1n) is 6.15. The fourth-order valence-corrected chi connectivity index (χ4v) is 1.90. The molecule has 0 aromatic heterocycles. The molecule has 1 aliphatic rings. The second-order valence-electron chi connectivity index (χ2n) is 4.74. The molecule has 4 atom stereocenters. The normalized spacial score (nSPS) is 28.8. The van der Waals surface area contributed by atoms with Gasteiger partial charge in [0.15, 0.2) is 0 Å². The van der Waals surface area contributed by atoms with Gasteiger partial charge in [-0.05, 0) is 19.3 Å². The number of hydrogen-bond donors (Lipinski definition) is 2. The van der Waals surface area contributed by atoms with E-state index in [1.165, 1.54) is 0 Å². The van der Waals surface area contributed by atoms with Gasteiger partial charge < -0.3 is 15.4 Å². The topological polar surface area (TPSA) is 50.4 Å². The first kappa shape index (κ1) is 13.5. The summed E-state index contributed by atoms with van der Waals surface area (Å²) in [5, 5.41) is 6.24. The summed E-state index contributed by atoms with van der Waals surface area (Å²) in [5.74, 6) is 0.621. The highest BCUT2D eigenvalue weighted by molar-refractivity contribution is 5.82. The van der Waals surface area contributed by atoms with E-state index in [4.69, 9.17) is 4.74 Å². The van der Waals surface area contributed by atoms with Crippen LogP contribution < -0.4 is 10.6 Å². The lowest BCUT2D eigenvalue weighted by molar-refractivity contribution is -0.123. The number of methoxy groups -OCH3 is 1. The largest absolute Gasteiger partial charge is 0.380 e. The predicted molar refractivity (Wildman–Crippen MR) is 64.3 cm³/mol. The quantitative estimate of drug-likeness (QED) is 0.735. The van der Waals surface area contributed by atoms with Crippen LogP contribution in [0.4, 0.5) is 0 Å². The van der Waals surface area contributed by atoms with Gasteiger partial charge in [0, 0.05) is 19.7 Å². The summed E-state index contributed by atoms with van der Waals surface area (Å²) in [4.78, 5) is 11.9. The van der Waals surface area contributed by atoms with Gasteiger partial charge in [0.25, 0.3) is 0 Å². The minimum atomic E-state index is -0.0866. The third kappa shape index (κ3) is 3.46. The van der Waals surface area contributed by atoms with E-state index in [0.717, 1.165) is 19.4 Å². The maximum absolute atomic E-state index is 11.9. The van der Waals surface area contributed by atoms with Crippen LogP contribution in [0.3, 0.4) is 0 Å². The highest BCUT2D eigenvalue weighted by Gasteiger charge is 2.30. The van der Waals surface area contributed by atoms with E-state index in [2.05, 4.69) is 31.4 Å². The van der Waals surface area contributed by atoms with Gasteiger partial charge in [-0.1, -0.05) is 20.3 Å². The Hall–Kier alpha value is -0.610. The summed E-state index contributed by atoms with van der Waals surface area (Å²) in [7, 11) is 1.69. The van der Waals surface area contributed by atoms with Gasteiger partial charge in [0.2, 0.25) is 5.91 Å². The molecule has 1 aliphatic heterocycles. The summed E-state index contributed by atoms with van der Waals surface area (Å²) in [6, 6.07) is 0.150. The van der Waals surface area contributed by atoms with Crippen molar-refractivity contribution in [2.45, 2.75) is 51.8 Å². The molecule has 0 aromatic carbocycles. The summed E-state index contributed by atoms with van der Waals surface area (Å²) >= 11 is 0. The van der Waals surface area contributed by atoms with Crippen LogP contribution in [0, 0.1) is 5.92 Å². The third-order valence-corrected chi connectivity index (χ3v) is 3.61. The molecule has 4 nitrogen and oxygen atoms in total. The second kappa shape index (κ2) is 6.21. The maximum Gasteiger partial charge on any atom is 0.237 e. The zero-order valence-electron chi connectivity index (χ0n) is 10.7. The average molecular weight is 228 g/mol. The molecule has 0 aromatic rings. The molecule has 4 unspecified atom stereocenters. The van der Waals surface area contributed by atoms with Crippen molar-refractivity contribution in [2.24, 2.45) is 5.92 Å². The van der Waals surface area contributed by atoms with Gasteiger partial charge in [-0.25, -0.2) is 0 Å². The Morgan fingerprint density at radius 1 is 1.56 bits per heavy atom. The van der Waals surface area contributed by atoms with Gasteiger partial charge in [0.05, 0.1) is 12.1 Å². The zero-order chi connectivity index (χ0) is 12.1. The van der Waals surface area contributed by atoms with Crippen LogP contribution in [-0.4, -0.2) is 37.7 Å². The fraction of sp³-hybridized carbons (Fsp3) is 0.917. The van der Waals surface area contributed by atoms with Crippen molar-refractivity contribution in [3.63, 3.8) is 0 Å². The highest BCUT2D eigenvalue weighted by atomic mass is 16.5. The Labute approximate surface area is 98.1 Å². The number of carbonyl (C=O) groups excluding carboxylic acids is 1. The molecule has 16 heavy (non-hydrogen) atoms. The SMILES string of the molecule is CCC(C)C(C)NC(=O)C1CC(OC)CN1. The van der Waals surface area contributed by atoms with Crippen LogP contribution in [0.1, 0.15) is 33.6 Å². The van der Waals surface area contributed by atoms with Crippen LogP contribution in [-0.2, 0) is 9.53 Å². The molecule has 0 radical (unpaired) electrons. The minimum absolute atomic E-state index is 0.0866. The van der Waals surface area contributed by atoms with Crippen LogP contribution >= 0.6 is 0 Å². The van der Waals surface area contributed by atoms with Crippen molar-refractivity contribution in [2.75, 3.05) is 13.7 Å². The second-order valence-corrected chi connectivity index (χ2v) is 4.74. The van der Waals surface area contributed by atoms with Gasteiger partial charge in [-0.2, -0.15) is 0 Å². The number of amides is 1.